The standard InChI is InChI=1S/C15H30N2O2/c1-11(2)6-8-19-9-7-17-15(18)14-5-4-13(16)10-12(14)3/h11-14H,4-10,16H2,1-3H3,(H,17,18). The lowest BCUT2D eigenvalue weighted by Gasteiger charge is -2.31. The van der Waals surface area contributed by atoms with Gasteiger partial charge >= 0.3 is 0 Å². The molecule has 1 aliphatic rings. The molecule has 0 saturated heterocycles. The molecule has 112 valence electrons. The molecule has 0 aliphatic heterocycles. The second-order valence-electron chi connectivity index (χ2n) is 6.24. The minimum atomic E-state index is 0.135. The van der Waals surface area contributed by atoms with E-state index >= 15 is 0 Å². The van der Waals surface area contributed by atoms with Crippen molar-refractivity contribution in [3.8, 4) is 0 Å². The Morgan fingerprint density at radius 3 is 2.74 bits per heavy atom. The van der Waals surface area contributed by atoms with Crippen molar-refractivity contribution in [1.29, 1.82) is 0 Å². The van der Waals surface area contributed by atoms with Gasteiger partial charge in [0.1, 0.15) is 0 Å². The van der Waals surface area contributed by atoms with Crippen molar-refractivity contribution in [2.24, 2.45) is 23.5 Å². The molecule has 0 aromatic rings. The predicted octanol–water partition coefficient (Wildman–Crippen LogP) is 1.93. The zero-order valence-corrected chi connectivity index (χ0v) is 12.7. The van der Waals surface area contributed by atoms with E-state index in [-0.39, 0.29) is 17.9 Å². The van der Waals surface area contributed by atoms with E-state index in [2.05, 4.69) is 26.1 Å². The van der Waals surface area contributed by atoms with Crippen molar-refractivity contribution in [1.82, 2.24) is 5.32 Å². The third kappa shape index (κ3) is 6.39. The van der Waals surface area contributed by atoms with Gasteiger partial charge in [0.2, 0.25) is 5.91 Å². The van der Waals surface area contributed by atoms with Crippen LogP contribution < -0.4 is 11.1 Å². The monoisotopic (exact) mass is 270 g/mol. The lowest BCUT2D eigenvalue weighted by Crippen LogP contribution is -2.41. The highest BCUT2D eigenvalue weighted by Crippen LogP contribution is 2.28. The number of hydrogen-bond acceptors (Lipinski definition) is 3. The molecule has 4 nitrogen and oxygen atoms in total. The Kier molecular flexibility index (Phi) is 7.39. The molecule has 0 heterocycles. The summed E-state index contributed by atoms with van der Waals surface area (Å²) in [6, 6.07) is 0.276. The summed E-state index contributed by atoms with van der Waals surface area (Å²) in [4.78, 5) is 12.0. The minimum Gasteiger partial charge on any atom is -0.380 e. The molecule has 0 aromatic carbocycles. The van der Waals surface area contributed by atoms with Crippen LogP contribution in [0.1, 0.15) is 46.5 Å². The maximum atomic E-state index is 12.0. The third-order valence-electron chi connectivity index (χ3n) is 3.93. The van der Waals surface area contributed by atoms with Crippen LogP contribution in [0.3, 0.4) is 0 Å². The molecular weight excluding hydrogens is 240 g/mol. The number of rotatable bonds is 7. The number of nitrogens with two attached hydrogens (primary N) is 1. The average molecular weight is 270 g/mol. The number of nitrogens with one attached hydrogen (secondary N) is 1. The van der Waals surface area contributed by atoms with Crippen LogP contribution in [-0.2, 0) is 9.53 Å². The van der Waals surface area contributed by atoms with E-state index in [4.69, 9.17) is 10.5 Å². The largest absolute Gasteiger partial charge is 0.380 e. The van der Waals surface area contributed by atoms with Crippen LogP contribution in [0.4, 0.5) is 0 Å². The Morgan fingerprint density at radius 1 is 1.37 bits per heavy atom. The van der Waals surface area contributed by atoms with Gasteiger partial charge in [-0.3, -0.25) is 4.79 Å². The Hall–Kier alpha value is -0.610. The lowest BCUT2D eigenvalue weighted by atomic mass is 9.78. The first-order valence-corrected chi connectivity index (χ1v) is 7.61. The number of carbonyl (C=O) groups is 1. The van der Waals surface area contributed by atoms with E-state index in [9.17, 15) is 4.79 Å². The van der Waals surface area contributed by atoms with Crippen molar-refractivity contribution in [3.05, 3.63) is 0 Å². The topological polar surface area (TPSA) is 64.3 Å². The van der Waals surface area contributed by atoms with Crippen LogP contribution in [0.15, 0.2) is 0 Å². The van der Waals surface area contributed by atoms with Crippen molar-refractivity contribution >= 4 is 5.91 Å². The highest BCUT2D eigenvalue weighted by Gasteiger charge is 2.30. The third-order valence-corrected chi connectivity index (χ3v) is 3.93. The first-order chi connectivity index (χ1) is 9.00. The summed E-state index contributed by atoms with van der Waals surface area (Å²) in [6.07, 6.45) is 3.92. The van der Waals surface area contributed by atoms with E-state index in [0.29, 0.717) is 25.0 Å². The van der Waals surface area contributed by atoms with Crippen LogP contribution in [0.25, 0.3) is 0 Å². The predicted molar refractivity (Wildman–Crippen MR) is 77.8 cm³/mol. The smallest absolute Gasteiger partial charge is 0.223 e. The number of ether oxygens (including phenoxy) is 1. The van der Waals surface area contributed by atoms with E-state index < -0.39 is 0 Å². The molecule has 1 amide bonds. The zero-order valence-electron chi connectivity index (χ0n) is 12.7. The van der Waals surface area contributed by atoms with Crippen LogP contribution in [0.5, 0.6) is 0 Å². The molecule has 3 atom stereocenters. The average Bonchev–Trinajstić information content (AvgIpc) is 2.32. The maximum absolute atomic E-state index is 12.0. The van der Waals surface area contributed by atoms with Crippen molar-refractivity contribution < 1.29 is 9.53 Å². The van der Waals surface area contributed by atoms with Gasteiger partial charge in [-0.2, -0.15) is 0 Å². The SMILES string of the molecule is CC(C)CCOCCNC(=O)C1CCC(N)CC1C. The molecule has 1 aliphatic carbocycles. The van der Waals surface area contributed by atoms with Gasteiger partial charge in [-0.05, 0) is 37.5 Å². The molecule has 1 fully saturated rings. The summed E-state index contributed by atoms with van der Waals surface area (Å²) < 4.78 is 5.49. The Bertz CT molecular complexity index is 269. The van der Waals surface area contributed by atoms with Crippen molar-refractivity contribution in [2.75, 3.05) is 19.8 Å². The highest BCUT2D eigenvalue weighted by atomic mass is 16.5. The summed E-state index contributed by atoms with van der Waals surface area (Å²) in [6.45, 7) is 8.50. The number of hydrogen-bond donors (Lipinski definition) is 2. The maximum Gasteiger partial charge on any atom is 0.223 e. The summed E-state index contributed by atoms with van der Waals surface area (Å²) in [5.74, 6) is 1.37. The quantitative estimate of drug-likeness (QED) is 0.695. The first kappa shape index (κ1) is 16.4. The van der Waals surface area contributed by atoms with Crippen LogP contribution in [0, 0.1) is 17.8 Å². The number of amides is 1. The molecule has 19 heavy (non-hydrogen) atoms. The molecule has 3 unspecified atom stereocenters. The summed E-state index contributed by atoms with van der Waals surface area (Å²) >= 11 is 0. The van der Waals surface area contributed by atoms with Gasteiger partial charge in [0.25, 0.3) is 0 Å². The summed E-state index contributed by atoms with van der Waals surface area (Å²) in [5.41, 5.74) is 5.92. The Morgan fingerprint density at radius 2 is 2.11 bits per heavy atom. The van der Waals surface area contributed by atoms with E-state index in [1.807, 2.05) is 0 Å². The van der Waals surface area contributed by atoms with Gasteiger partial charge in [0, 0.05) is 25.1 Å². The van der Waals surface area contributed by atoms with Gasteiger partial charge in [0.05, 0.1) is 6.61 Å². The summed E-state index contributed by atoms with van der Waals surface area (Å²) in [7, 11) is 0. The van der Waals surface area contributed by atoms with Gasteiger partial charge < -0.3 is 15.8 Å². The number of carbonyl (C=O) groups excluding carboxylic acids is 1. The van der Waals surface area contributed by atoms with Crippen molar-refractivity contribution in [2.45, 2.75) is 52.5 Å². The summed E-state index contributed by atoms with van der Waals surface area (Å²) in [5, 5.41) is 2.98. The molecule has 1 saturated carbocycles. The van der Waals surface area contributed by atoms with Crippen molar-refractivity contribution in [3.63, 3.8) is 0 Å². The van der Waals surface area contributed by atoms with Crippen LogP contribution in [0.2, 0.25) is 0 Å². The van der Waals surface area contributed by atoms with Crippen LogP contribution >= 0.6 is 0 Å². The van der Waals surface area contributed by atoms with Gasteiger partial charge in [-0.25, -0.2) is 0 Å². The molecule has 0 aromatic heterocycles. The Balaban J connectivity index is 2.10. The molecule has 0 spiro atoms. The zero-order chi connectivity index (χ0) is 14.3. The van der Waals surface area contributed by atoms with E-state index in [0.717, 1.165) is 32.3 Å². The highest BCUT2D eigenvalue weighted by molar-refractivity contribution is 5.79. The molecule has 0 bridgehead atoms. The fourth-order valence-corrected chi connectivity index (χ4v) is 2.63. The molecule has 4 heteroatoms. The van der Waals surface area contributed by atoms with Gasteiger partial charge in [-0.15, -0.1) is 0 Å². The second-order valence-corrected chi connectivity index (χ2v) is 6.24. The fourth-order valence-electron chi connectivity index (χ4n) is 2.63. The van der Waals surface area contributed by atoms with Gasteiger partial charge in [0.15, 0.2) is 0 Å². The van der Waals surface area contributed by atoms with Crippen LogP contribution in [-0.4, -0.2) is 31.7 Å². The normalized spacial score (nSPS) is 27.5. The lowest BCUT2D eigenvalue weighted by molar-refractivity contribution is -0.127. The second kappa shape index (κ2) is 8.54. The molecule has 0 radical (unpaired) electrons. The minimum absolute atomic E-state index is 0.135. The Labute approximate surface area is 117 Å². The molecule has 3 N–H and O–H groups in total. The first-order valence-electron chi connectivity index (χ1n) is 7.61. The molecular formula is C15H30N2O2. The van der Waals surface area contributed by atoms with E-state index in [1.165, 1.54) is 0 Å². The van der Waals surface area contributed by atoms with E-state index in [1.54, 1.807) is 0 Å². The molecule has 1 rings (SSSR count). The fraction of sp³-hybridized carbons (Fsp3) is 0.933. The van der Waals surface area contributed by atoms with Gasteiger partial charge in [-0.1, -0.05) is 20.8 Å².